The third-order valence-electron chi connectivity index (χ3n) is 2.08. The number of carbonyl (C=O) groups excluding carboxylic acids is 1. The summed E-state index contributed by atoms with van der Waals surface area (Å²) in [5.41, 5.74) is 2.52. The zero-order valence-corrected chi connectivity index (χ0v) is 10.6. The standard InChI is InChI=1S/C11H8BrNO5/c12-7-3-1-2-6-4-8(18-10(6)7)11(16)13-17-5-9(14)15/h1-4H,5H2,(H,13,16)(H,14,15). The van der Waals surface area contributed by atoms with Gasteiger partial charge in [-0.15, -0.1) is 0 Å². The Balaban J connectivity index is 2.13. The van der Waals surface area contributed by atoms with Crippen molar-refractivity contribution < 1.29 is 24.0 Å². The lowest BCUT2D eigenvalue weighted by molar-refractivity contribution is -0.144. The number of halogens is 1. The lowest BCUT2D eigenvalue weighted by Crippen LogP contribution is -2.26. The number of rotatable bonds is 4. The van der Waals surface area contributed by atoms with Gasteiger partial charge in [0.25, 0.3) is 0 Å². The second kappa shape index (κ2) is 5.19. The Morgan fingerprint density at radius 2 is 2.22 bits per heavy atom. The minimum Gasteiger partial charge on any atom is -0.479 e. The Bertz CT molecular complexity index is 606. The average Bonchev–Trinajstić information content (AvgIpc) is 2.74. The molecule has 0 saturated carbocycles. The van der Waals surface area contributed by atoms with Crippen LogP contribution in [0.4, 0.5) is 0 Å². The van der Waals surface area contributed by atoms with Crippen LogP contribution in [0.3, 0.4) is 0 Å². The number of hydroxylamine groups is 1. The largest absolute Gasteiger partial charge is 0.479 e. The van der Waals surface area contributed by atoms with Crippen LogP contribution in [0.25, 0.3) is 11.0 Å². The third kappa shape index (κ3) is 2.69. The molecule has 1 aromatic heterocycles. The van der Waals surface area contributed by atoms with Gasteiger partial charge in [-0.25, -0.2) is 10.3 Å². The van der Waals surface area contributed by atoms with Crippen LogP contribution in [0.5, 0.6) is 0 Å². The molecule has 0 fully saturated rings. The first-order chi connectivity index (χ1) is 8.58. The topological polar surface area (TPSA) is 88.8 Å². The van der Waals surface area contributed by atoms with Gasteiger partial charge in [-0.05, 0) is 28.1 Å². The highest BCUT2D eigenvalue weighted by Crippen LogP contribution is 2.26. The van der Waals surface area contributed by atoms with E-state index in [0.717, 1.165) is 9.86 Å². The maximum Gasteiger partial charge on any atom is 0.332 e. The maximum absolute atomic E-state index is 11.6. The van der Waals surface area contributed by atoms with Crippen LogP contribution in [0.1, 0.15) is 10.6 Å². The smallest absolute Gasteiger partial charge is 0.332 e. The molecule has 0 aliphatic heterocycles. The summed E-state index contributed by atoms with van der Waals surface area (Å²) in [4.78, 5) is 26.2. The van der Waals surface area contributed by atoms with E-state index in [9.17, 15) is 9.59 Å². The summed E-state index contributed by atoms with van der Waals surface area (Å²) in [6.45, 7) is -0.615. The van der Waals surface area contributed by atoms with Crippen molar-refractivity contribution in [2.75, 3.05) is 6.61 Å². The number of hydrogen-bond donors (Lipinski definition) is 2. The van der Waals surface area contributed by atoms with E-state index in [-0.39, 0.29) is 5.76 Å². The Kier molecular flexibility index (Phi) is 3.63. The number of aliphatic carboxylic acids is 1. The Labute approximate surface area is 110 Å². The molecule has 1 amide bonds. The van der Waals surface area contributed by atoms with Crippen LogP contribution in [-0.2, 0) is 9.63 Å². The molecule has 94 valence electrons. The number of para-hydroxylation sites is 1. The summed E-state index contributed by atoms with van der Waals surface area (Å²) in [5, 5.41) is 9.10. The van der Waals surface area contributed by atoms with Crippen molar-refractivity contribution in [1.29, 1.82) is 0 Å². The quantitative estimate of drug-likeness (QED) is 0.842. The fourth-order valence-electron chi connectivity index (χ4n) is 1.35. The van der Waals surface area contributed by atoms with Crippen LogP contribution in [0.15, 0.2) is 33.2 Å². The lowest BCUT2D eigenvalue weighted by atomic mass is 10.2. The summed E-state index contributed by atoms with van der Waals surface area (Å²) in [5.74, 6) is -1.77. The molecule has 0 atom stereocenters. The van der Waals surface area contributed by atoms with Crippen molar-refractivity contribution in [2.24, 2.45) is 0 Å². The molecule has 18 heavy (non-hydrogen) atoms. The van der Waals surface area contributed by atoms with E-state index < -0.39 is 18.5 Å². The van der Waals surface area contributed by atoms with Gasteiger partial charge >= 0.3 is 11.9 Å². The van der Waals surface area contributed by atoms with Crippen LogP contribution < -0.4 is 5.48 Å². The number of carbonyl (C=O) groups is 2. The molecule has 6 nitrogen and oxygen atoms in total. The molecule has 1 aromatic carbocycles. The van der Waals surface area contributed by atoms with Crippen molar-refractivity contribution in [3.8, 4) is 0 Å². The first-order valence-electron chi connectivity index (χ1n) is 4.90. The zero-order valence-electron chi connectivity index (χ0n) is 8.97. The molecule has 0 spiro atoms. The molecule has 0 unspecified atom stereocenters. The van der Waals surface area contributed by atoms with Crippen molar-refractivity contribution >= 4 is 38.8 Å². The van der Waals surface area contributed by atoms with Gasteiger partial charge in [0.15, 0.2) is 12.4 Å². The first kappa shape index (κ1) is 12.6. The molecule has 2 rings (SSSR count). The predicted octanol–water partition coefficient (Wildman–Crippen LogP) is 1.94. The minimum atomic E-state index is -1.18. The predicted molar refractivity (Wildman–Crippen MR) is 65.0 cm³/mol. The SMILES string of the molecule is O=C(O)CONC(=O)c1cc2cccc(Br)c2o1. The number of fused-ring (bicyclic) bond motifs is 1. The number of amides is 1. The van der Waals surface area contributed by atoms with E-state index >= 15 is 0 Å². The zero-order chi connectivity index (χ0) is 13.1. The van der Waals surface area contributed by atoms with E-state index in [4.69, 9.17) is 9.52 Å². The second-order valence-corrected chi connectivity index (χ2v) is 4.24. The minimum absolute atomic E-state index is 0.0438. The van der Waals surface area contributed by atoms with Gasteiger partial charge in [0, 0.05) is 5.39 Å². The number of furan rings is 1. The summed E-state index contributed by atoms with van der Waals surface area (Å²) < 4.78 is 6.06. The number of nitrogens with one attached hydrogen (secondary N) is 1. The highest BCUT2D eigenvalue weighted by molar-refractivity contribution is 9.10. The monoisotopic (exact) mass is 313 g/mol. The Hall–Kier alpha value is -1.86. The van der Waals surface area contributed by atoms with Crippen molar-refractivity contribution in [3.63, 3.8) is 0 Å². The van der Waals surface area contributed by atoms with Gasteiger partial charge in [0.1, 0.15) is 5.58 Å². The Morgan fingerprint density at radius 3 is 2.89 bits per heavy atom. The van der Waals surface area contributed by atoms with Crippen LogP contribution in [0, 0.1) is 0 Å². The molecule has 2 N–H and O–H groups in total. The van der Waals surface area contributed by atoms with Gasteiger partial charge in [-0.3, -0.25) is 9.63 Å². The van der Waals surface area contributed by atoms with Gasteiger partial charge in [0.2, 0.25) is 0 Å². The average molecular weight is 314 g/mol. The highest BCUT2D eigenvalue weighted by atomic mass is 79.9. The third-order valence-corrected chi connectivity index (χ3v) is 2.70. The molecule has 0 saturated heterocycles. The van der Waals surface area contributed by atoms with E-state index in [1.807, 2.05) is 11.5 Å². The summed E-state index contributed by atoms with van der Waals surface area (Å²) in [7, 11) is 0. The number of hydrogen-bond acceptors (Lipinski definition) is 4. The summed E-state index contributed by atoms with van der Waals surface area (Å²) >= 11 is 3.30. The highest BCUT2D eigenvalue weighted by Gasteiger charge is 2.14. The fraction of sp³-hybridized carbons (Fsp3) is 0.0909. The molecule has 0 radical (unpaired) electrons. The normalized spacial score (nSPS) is 10.5. The molecule has 0 aliphatic rings. The van der Waals surface area contributed by atoms with E-state index in [1.165, 1.54) is 0 Å². The van der Waals surface area contributed by atoms with Crippen molar-refractivity contribution in [3.05, 3.63) is 34.5 Å². The molecule has 0 aliphatic carbocycles. The number of carboxylic acids is 1. The van der Waals surface area contributed by atoms with E-state index in [1.54, 1.807) is 18.2 Å². The van der Waals surface area contributed by atoms with Crippen LogP contribution in [-0.4, -0.2) is 23.6 Å². The first-order valence-corrected chi connectivity index (χ1v) is 5.69. The van der Waals surface area contributed by atoms with Gasteiger partial charge in [0.05, 0.1) is 4.47 Å². The van der Waals surface area contributed by atoms with Crippen molar-refractivity contribution in [2.45, 2.75) is 0 Å². The number of benzene rings is 1. The van der Waals surface area contributed by atoms with E-state index in [2.05, 4.69) is 20.8 Å². The molecule has 7 heteroatoms. The van der Waals surface area contributed by atoms with Crippen LogP contribution >= 0.6 is 15.9 Å². The second-order valence-electron chi connectivity index (χ2n) is 3.38. The lowest BCUT2D eigenvalue weighted by Gasteiger charge is -2.00. The number of carboxylic acid groups (broad SMARTS) is 1. The Morgan fingerprint density at radius 1 is 1.44 bits per heavy atom. The van der Waals surface area contributed by atoms with Gasteiger partial charge in [-0.2, -0.15) is 0 Å². The summed E-state index contributed by atoms with van der Waals surface area (Å²) in [6.07, 6.45) is 0. The van der Waals surface area contributed by atoms with Crippen molar-refractivity contribution in [1.82, 2.24) is 5.48 Å². The summed E-state index contributed by atoms with van der Waals surface area (Å²) in [6, 6.07) is 6.93. The fourth-order valence-corrected chi connectivity index (χ4v) is 1.82. The molecule has 1 heterocycles. The molecular formula is C11H8BrNO5. The molecular weight excluding hydrogens is 306 g/mol. The molecule has 0 bridgehead atoms. The molecule has 2 aromatic rings. The van der Waals surface area contributed by atoms with Gasteiger partial charge in [-0.1, -0.05) is 12.1 Å². The van der Waals surface area contributed by atoms with Gasteiger partial charge < -0.3 is 9.52 Å². The van der Waals surface area contributed by atoms with Crippen LogP contribution in [0.2, 0.25) is 0 Å². The maximum atomic E-state index is 11.6. The van der Waals surface area contributed by atoms with E-state index in [0.29, 0.717) is 5.58 Å².